The molecule has 3 aromatic heterocycles. The molecule has 2 aromatic carbocycles. The van der Waals surface area contributed by atoms with Gasteiger partial charge in [-0.15, -0.1) is 0 Å². The summed E-state index contributed by atoms with van der Waals surface area (Å²) in [5.74, 6) is 5.85. The number of hydrogen-bond acceptors (Lipinski definition) is 6. The second-order valence-electron chi connectivity index (χ2n) is 9.14. The molecular formula is C32H27N7O2. The van der Waals surface area contributed by atoms with Crippen molar-refractivity contribution in [1.82, 2.24) is 24.5 Å². The highest BCUT2D eigenvalue weighted by atomic mass is 16.2. The molecule has 41 heavy (non-hydrogen) atoms. The average Bonchev–Trinajstić information content (AvgIpc) is 3.33. The van der Waals surface area contributed by atoms with E-state index in [4.69, 9.17) is 5.73 Å². The Morgan fingerprint density at radius 1 is 1.15 bits per heavy atom. The van der Waals surface area contributed by atoms with Gasteiger partial charge >= 0.3 is 0 Å². The lowest BCUT2D eigenvalue weighted by atomic mass is 10.0. The van der Waals surface area contributed by atoms with Gasteiger partial charge in [0.05, 0.1) is 11.4 Å². The molecule has 0 saturated heterocycles. The van der Waals surface area contributed by atoms with Gasteiger partial charge in [-0.05, 0) is 68.4 Å². The van der Waals surface area contributed by atoms with E-state index in [9.17, 15) is 9.59 Å². The highest BCUT2D eigenvalue weighted by Crippen LogP contribution is 2.24. The molecule has 3 heterocycles. The summed E-state index contributed by atoms with van der Waals surface area (Å²) in [6.07, 6.45) is 6.73. The minimum atomic E-state index is -0.589. The van der Waals surface area contributed by atoms with Crippen molar-refractivity contribution >= 4 is 34.9 Å². The molecule has 0 aliphatic rings. The number of nitrogen functional groups attached to an aromatic ring is 1. The van der Waals surface area contributed by atoms with E-state index in [1.807, 2.05) is 74.5 Å². The summed E-state index contributed by atoms with van der Waals surface area (Å²) in [4.78, 5) is 35.6. The second-order valence-corrected chi connectivity index (χ2v) is 9.14. The maximum atomic E-state index is 14.2. The third-order valence-corrected chi connectivity index (χ3v) is 6.53. The molecule has 0 saturated carbocycles. The van der Waals surface area contributed by atoms with Gasteiger partial charge in [-0.25, -0.2) is 9.50 Å². The molecule has 0 aliphatic carbocycles. The maximum absolute atomic E-state index is 14.2. The van der Waals surface area contributed by atoms with Crippen LogP contribution in [0.5, 0.6) is 0 Å². The normalized spacial score (nSPS) is 12.3. The second kappa shape index (κ2) is 11.6. The topological polar surface area (TPSA) is 120 Å². The first-order chi connectivity index (χ1) is 19.9. The van der Waals surface area contributed by atoms with Crippen LogP contribution in [0.3, 0.4) is 0 Å². The zero-order chi connectivity index (χ0) is 28.9. The first-order valence-corrected chi connectivity index (χ1v) is 12.9. The van der Waals surface area contributed by atoms with E-state index in [0.29, 0.717) is 33.4 Å². The number of hydrogen-bond donors (Lipinski definition) is 2. The number of nitrogens with one attached hydrogen (secondary N) is 1. The van der Waals surface area contributed by atoms with E-state index >= 15 is 0 Å². The van der Waals surface area contributed by atoms with E-state index in [-0.39, 0.29) is 17.1 Å². The lowest BCUT2D eigenvalue weighted by molar-refractivity contribution is 0.0932. The van der Waals surface area contributed by atoms with Gasteiger partial charge in [0.2, 0.25) is 0 Å². The number of pyridine rings is 1. The molecule has 0 unspecified atom stereocenters. The highest BCUT2D eigenvalue weighted by molar-refractivity contribution is 5.98. The molecule has 0 aliphatic heterocycles. The number of imidazole rings is 1. The minimum absolute atomic E-state index is 0.0646. The quantitative estimate of drug-likeness (QED) is 0.185. The van der Waals surface area contributed by atoms with E-state index in [1.54, 1.807) is 35.2 Å². The molecule has 202 valence electrons. The number of para-hydroxylation sites is 1. The first kappa shape index (κ1) is 26.8. The number of aliphatic imine (C=N–C) groups is 1. The van der Waals surface area contributed by atoms with E-state index in [1.165, 1.54) is 4.52 Å². The van der Waals surface area contributed by atoms with E-state index in [0.717, 1.165) is 5.57 Å². The van der Waals surface area contributed by atoms with Crippen molar-refractivity contribution in [2.75, 3.05) is 5.73 Å². The molecule has 0 fully saturated rings. The number of anilines is 1. The molecule has 5 rings (SSSR count). The van der Waals surface area contributed by atoms with Crippen molar-refractivity contribution in [2.45, 2.75) is 19.9 Å². The Labute approximate surface area is 236 Å². The molecule has 9 heteroatoms. The lowest BCUT2D eigenvalue weighted by Crippen LogP contribution is -2.33. The molecule has 0 spiro atoms. The number of carbonyl (C=O) groups excluding carboxylic acids is 1. The Morgan fingerprint density at radius 3 is 2.71 bits per heavy atom. The van der Waals surface area contributed by atoms with Gasteiger partial charge in [0.15, 0.2) is 17.2 Å². The van der Waals surface area contributed by atoms with Crippen LogP contribution >= 0.6 is 0 Å². The molecule has 9 nitrogen and oxygen atoms in total. The summed E-state index contributed by atoms with van der Waals surface area (Å²) in [5.41, 5.74) is 8.97. The Balaban J connectivity index is 1.64. The van der Waals surface area contributed by atoms with Gasteiger partial charge in [-0.1, -0.05) is 48.2 Å². The largest absolute Gasteiger partial charge is 0.382 e. The molecule has 0 bridgehead atoms. The number of carbonyl (C=O) groups is 1. The van der Waals surface area contributed by atoms with Crippen LogP contribution in [0.25, 0.3) is 22.1 Å². The van der Waals surface area contributed by atoms with Crippen LogP contribution in [-0.4, -0.2) is 31.8 Å². The molecule has 3 N–H and O–H groups in total. The van der Waals surface area contributed by atoms with Gasteiger partial charge in [-0.2, -0.15) is 5.10 Å². The number of rotatable bonds is 6. The van der Waals surface area contributed by atoms with Crippen molar-refractivity contribution in [3.8, 4) is 17.5 Å². The van der Waals surface area contributed by atoms with Crippen molar-refractivity contribution in [1.29, 1.82) is 0 Å². The fourth-order valence-corrected chi connectivity index (χ4v) is 4.59. The van der Waals surface area contributed by atoms with Crippen molar-refractivity contribution < 1.29 is 4.79 Å². The van der Waals surface area contributed by atoms with Crippen LogP contribution in [0.15, 0.2) is 107 Å². The minimum Gasteiger partial charge on any atom is -0.382 e. The number of nitrogens with zero attached hydrogens (tertiary/aromatic N) is 5. The van der Waals surface area contributed by atoms with Crippen LogP contribution in [0.2, 0.25) is 0 Å². The van der Waals surface area contributed by atoms with Gasteiger partial charge in [0.1, 0.15) is 0 Å². The van der Waals surface area contributed by atoms with Crippen LogP contribution in [0.1, 0.15) is 41.6 Å². The Kier molecular flexibility index (Phi) is 7.56. The number of aromatic nitrogens is 4. The van der Waals surface area contributed by atoms with Gasteiger partial charge in [0.25, 0.3) is 11.5 Å². The van der Waals surface area contributed by atoms with Crippen LogP contribution < -0.4 is 16.6 Å². The van der Waals surface area contributed by atoms with Crippen molar-refractivity contribution in [3.63, 3.8) is 0 Å². The highest BCUT2D eigenvalue weighted by Gasteiger charge is 2.23. The average molecular weight is 542 g/mol. The summed E-state index contributed by atoms with van der Waals surface area (Å²) < 4.78 is 3.00. The fourth-order valence-electron chi connectivity index (χ4n) is 4.59. The standard InChI is InChI=1S/C32H27N7O2/c1-4-22(17-19-34-3)15-16-23-10-8-11-24-20-26(38(32(41)28(23)24)25-12-6-5-7-13-25)21(2)36-31(40)29-30(33)37-27-14-9-18-35-39(27)29/h4-14,17-21H,3,33H2,1-2H3,(H,36,40)/b19-17-,22-4-/t21-/m0/s1. The summed E-state index contributed by atoms with van der Waals surface area (Å²) in [6.45, 7) is 7.14. The van der Waals surface area contributed by atoms with E-state index in [2.05, 4.69) is 39.0 Å². The summed E-state index contributed by atoms with van der Waals surface area (Å²) in [7, 11) is 0. The molecule has 1 atom stereocenters. The van der Waals surface area contributed by atoms with Crippen LogP contribution in [0, 0.1) is 11.8 Å². The monoisotopic (exact) mass is 541 g/mol. The predicted molar refractivity (Wildman–Crippen MR) is 162 cm³/mol. The molecule has 0 radical (unpaired) electrons. The summed E-state index contributed by atoms with van der Waals surface area (Å²) in [5, 5.41) is 8.37. The number of allylic oxidation sites excluding steroid dienone is 3. The fraction of sp³-hybridized carbons (Fsp3) is 0.0938. The number of fused-ring (bicyclic) bond motifs is 2. The predicted octanol–water partition coefficient (Wildman–Crippen LogP) is 4.62. The van der Waals surface area contributed by atoms with Crippen molar-refractivity contribution in [2.24, 2.45) is 4.99 Å². The third-order valence-electron chi connectivity index (χ3n) is 6.53. The summed E-state index contributed by atoms with van der Waals surface area (Å²) >= 11 is 0. The smallest absolute Gasteiger partial charge is 0.274 e. The van der Waals surface area contributed by atoms with Crippen LogP contribution in [-0.2, 0) is 0 Å². The molecular weight excluding hydrogens is 514 g/mol. The number of benzene rings is 2. The SMILES string of the molecule is C=N/C=C\C(C#Cc1cccc2cc([C@H](C)NC(=O)c3c(N)nc4cccnn34)n(-c3ccccc3)c(=O)c12)=C/C. The van der Waals surface area contributed by atoms with Gasteiger partial charge in [0, 0.05) is 34.9 Å². The van der Waals surface area contributed by atoms with Crippen LogP contribution in [0.4, 0.5) is 5.82 Å². The summed E-state index contributed by atoms with van der Waals surface area (Å²) in [6, 6.07) is 19.5. The molecule has 1 amide bonds. The van der Waals surface area contributed by atoms with Crippen molar-refractivity contribution in [3.05, 3.63) is 124 Å². The number of nitrogens with two attached hydrogens (primary N) is 1. The van der Waals surface area contributed by atoms with Gasteiger partial charge < -0.3 is 11.1 Å². The molecule has 5 aromatic rings. The first-order valence-electron chi connectivity index (χ1n) is 12.9. The number of amides is 1. The maximum Gasteiger partial charge on any atom is 0.274 e. The lowest BCUT2D eigenvalue weighted by Gasteiger charge is -2.21. The van der Waals surface area contributed by atoms with Gasteiger partial charge in [-0.3, -0.25) is 19.1 Å². The zero-order valence-corrected chi connectivity index (χ0v) is 22.6. The van der Waals surface area contributed by atoms with E-state index < -0.39 is 11.9 Å². The zero-order valence-electron chi connectivity index (χ0n) is 22.6. The third kappa shape index (κ3) is 5.27. The Hall–Kier alpha value is -5.75. The Morgan fingerprint density at radius 2 is 1.95 bits per heavy atom. The Bertz CT molecular complexity index is 1970.